The second kappa shape index (κ2) is 4.91. The molecule has 8 heteroatoms. The van der Waals surface area contributed by atoms with Crippen LogP contribution in [-0.4, -0.2) is 34.2 Å². The average molecular weight is 290 g/mol. The molecule has 1 rings (SSSR count). The van der Waals surface area contributed by atoms with Gasteiger partial charge in [-0.05, 0) is 24.3 Å². The van der Waals surface area contributed by atoms with E-state index in [-0.39, 0.29) is 9.79 Å². The first-order valence-electron chi connectivity index (χ1n) is 4.59. The zero-order valence-electron chi connectivity index (χ0n) is 9.27. The van der Waals surface area contributed by atoms with Crippen LogP contribution in [0.25, 0.3) is 0 Å². The molecular formula is C10H10O6S2. The summed E-state index contributed by atoms with van der Waals surface area (Å²) in [5.41, 5.74) is 0. The van der Waals surface area contributed by atoms with Gasteiger partial charge < -0.3 is 5.11 Å². The molecule has 6 nitrogen and oxygen atoms in total. The van der Waals surface area contributed by atoms with Crippen LogP contribution in [0.3, 0.4) is 0 Å². The molecule has 0 unspecified atom stereocenters. The van der Waals surface area contributed by atoms with Crippen LogP contribution >= 0.6 is 0 Å². The summed E-state index contributed by atoms with van der Waals surface area (Å²) in [4.78, 5) is 10.0. The fourth-order valence-electron chi connectivity index (χ4n) is 1.10. The van der Waals surface area contributed by atoms with Gasteiger partial charge in [-0.2, -0.15) is 0 Å². The van der Waals surface area contributed by atoms with Crippen molar-refractivity contribution < 1.29 is 26.7 Å². The van der Waals surface area contributed by atoms with E-state index in [0.29, 0.717) is 11.5 Å². The lowest BCUT2D eigenvalue weighted by Crippen LogP contribution is -2.01. The Labute approximate surface area is 104 Å². The highest BCUT2D eigenvalue weighted by Gasteiger charge is 2.13. The number of benzene rings is 1. The summed E-state index contributed by atoms with van der Waals surface area (Å²) >= 11 is 0. The van der Waals surface area contributed by atoms with Crippen LogP contribution in [0.1, 0.15) is 0 Å². The highest BCUT2D eigenvalue weighted by molar-refractivity contribution is 7.94. The minimum Gasteiger partial charge on any atom is -0.478 e. The van der Waals surface area contributed by atoms with Gasteiger partial charge in [-0.15, -0.1) is 0 Å². The summed E-state index contributed by atoms with van der Waals surface area (Å²) in [5, 5.41) is 8.89. The summed E-state index contributed by atoms with van der Waals surface area (Å²) < 4.78 is 45.5. The van der Waals surface area contributed by atoms with Crippen LogP contribution < -0.4 is 0 Å². The molecule has 1 aromatic carbocycles. The summed E-state index contributed by atoms with van der Waals surface area (Å²) in [6.45, 7) is 0. The normalized spacial score (nSPS) is 12.7. The molecule has 18 heavy (non-hydrogen) atoms. The quantitative estimate of drug-likeness (QED) is 0.808. The van der Waals surface area contributed by atoms with Crippen molar-refractivity contribution in [3.05, 3.63) is 35.7 Å². The third-order valence-electron chi connectivity index (χ3n) is 1.97. The van der Waals surface area contributed by atoms with Gasteiger partial charge in [0, 0.05) is 17.7 Å². The fourth-order valence-corrected chi connectivity index (χ4v) is 2.70. The van der Waals surface area contributed by atoms with Crippen LogP contribution in [0.4, 0.5) is 0 Å². The fraction of sp³-hybridized carbons (Fsp3) is 0.100. The van der Waals surface area contributed by atoms with Crippen LogP contribution in [0.15, 0.2) is 45.5 Å². The standard InChI is InChI=1S/C10H10O6S2/c1-17(13,14)8-2-4-9(5-3-8)18(15,16)7-6-10(11)12/h2-7H,1H3,(H,11,12)/b7-6+. The number of hydrogen-bond acceptors (Lipinski definition) is 5. The molecule has 0 atom stereocenters. The van der Waals surface area contributed by atoms with Crippen LogP contribution in [0.5, 0.6) is 0 Å². The molecule has 1 aromatic rings. The SMILES string of the molecule is CS(=O)(=O)c1ccc(S(=O)(=O)/C=C/C(=O)O)cc1. The first kappa shape index (κ1) is 14.4. The van der Waals surface area contributed by atoms with Crippen molar-refractivity contribution >= 4 is 25.6 Å². The zero-order chi connectivity index (χ0) is 14.0. The molecular weight excluding hydrogens is 280 g/mol. The van der Waals surface area contributed by atoms with E-state index in [4.69, 9.17) is 5.11 Å². The summed E-state index contributed by atoms with van der Waals surface area (Å²) in [5.74, 6) is -1.38. The second-order valence-corrected chi connectivity index (χ2v) is 7.28. The number of rotatable bonds is 4. The van der Waals surface area contributed by atoms with Gasteiger partial charge in [0.1, 0.15) is 0 Å². The summed E-state index contributed by atoms with van der Waals surface area (Å²) in [6.07, 6.45) is 1.50. The summed E-state index contributed by atoms with van der Waals surface area (Å²) in [7, 11) is -7.27. The van der Waals surface area contributed by atoms with Crippen LogP contribution in [-0.2, 0) is 24.5 Å². The Bertz CT molecular complexity index is 680. The maximum atomic E-state index is 11.6. The largest absolute Gasteiger partial charge is 0.478 e. The molecule has 0 radical (unpaired) electrons. The number of carboxylic acid groups (broad SMARTS) is 1. The van der Waals surface area contributed by atoms with Crippen LogP contribution in [0.2, 0.25) is 0 Å². The van der Waals surface area contributed by atoms with Gasteiger partial charge in [0.05, 0.1) is 9.79 Å². The molecule has 98 valence electrons. The van der Waals surface area contributed by atoms with Crippen molar-refractivity contribution in [1.29, 1.82) is 0 Å². The molecule has 0 aliphatic rings. The van der Waals surface area contributed by atoms with Crippen LogP contribution in [0, 0.1) is 0 Å². The lowest BCUT2D eigenvalue weighted by atomic mass is 10.4. The van der Waals surface area contributed by atoms with E-state index in [0.717, 1.165) is 30.5 Å². The minimum absolute atomic E-state index is 0.0105. The Hall–Kier alpha value is -1.67. The predicted octanol–water partition coefficient (Wildman–Crippen LogP) is 0.462. The van der Waals surface area contributed by atoms with Gasteiger partial charge in [-0.25, -0.2) is 21.6 Å². The van der Waals surface area contributed by atoms with E-state index < -0.39 is 25.6 Å². The smallest absolute Gasteiger partial charge is 0.329 e. The molecule has 0 aromatic heterocycles. The number of aliphatic carboxylic acids is 1. The van der Waals surface area contributed by atoms with E-state index in [2.05, 4.69) is 0 Å². The number of hydrogen-bond donors (Lipinski definition) is 1. The molecule has 0 spiro atoms. The van der Waals surface area contributed by atoms with Gasteiger partial charge in [-0.3, -0.25) is 0 Å². The van der Waals surface area contributed by atoms with Gasteiger partial charge in [0.2, 0.25) is 0 Å². The van der Waals surface area contributed by atoms with Crippen molar-refractivity contribution in [2.75, 3.05) is 6.26 Å². The van der Waals surface area contributed by atoms with Crippen molar-refractivity contribution in [2.24, 2.45) is 0 Å². The van der Waals surface area contributed by atoms with E-state index in [1.165, 1.54) is 0 Å². The van der Waals surface area contributed by atoms with Crippen molar-refractivity contribution in [3.63, 3.8) is 0 Å². The van der Waals surface area contributed by atoms with Gasteiger partial charge in [-0.1, -0.05) is 0 Å². The van der Waals surface area contributed by atoms with Crippen molar-refractivity contribution in [3.8, 4) is 0 Å². The highest BCUT2D eigenvalue weighted by atomic mass is 32.2. The van der Waals surface area contributed by atoms with Gasteiger partial charge >= 0.3 is 5.97 Å². The minimum atomic E-state index is -3.87. The number of carbonyl (C=O) groups is 1. The Morgan fingerprint density at radius 2 is 1.50 bits per heavy atom. The number of sulfone groups is 2. The lowest BCUT2D eigenvalue weighted by molar-refractivity contribution is -0.131. The maximum Gasteiger partial charge on any atom is 0.329 e. The van der Waals surface area contributed by atoms with Gasteiger partial charge in [0.25, 0.3) is 0 Å². The monoisotopic (exact) mass is 290 g/mol. The van der Waals surface area contributed by atoms with E-state index in [9.17, 15) is 21.6 Å². The number of carboxylic acids is 1. The Morgan fingerprint density at radius 3 is 1.89 bits per heavy atom. The lowest BCUT2D eigenvalue weighted by Gasteiger charge is -2.01. The van der Waals surface area contributed by atoms with Gasteiger partial charge in [0.15, 0.2) is 19.7 Å². The summed E-state index contributed by atoms with van der Waals surface area (Å²) in [6, 6.07) is 4.52. The molecule has 0 bridgehead atoms. The first-order chi connectivity index (χ1) is 8.13. The Balaban J connectivity index is 3.17. The molecule has 0 saturated carbocycles. The topological polar surface area (TPSA) is 106 Å². The zero-order valence-corrected chi connectivity index (χ0v) is 10.9. The molecule has 0 saturated heterocycles. The third-order valence-corrected chi connectivity index (χ3v) is 4.52. The van der Waals surface area contributed by atoms with E-state index in [1.807, 2.05) is 0 Å². The molecule has 0 heterocycles. The first-order valence-corrected chi connectivity index (χ1v) is 8.03. The maximum absolute atomic E-state index is 11.6. The highest BCUT2D eigenvalue weighted by Crippen LogP contribution is 2.16. The second-order valence-electron chi connectivity index (χ2n) is 3.43. The molecule has 0 aliphatic carbocycles. The molecule has 0 amide bonds. The molecule has 0 aliphatic heterocycles. The molecule has 0 fully saturated rings. The average Bonchev–Trinajstić information content (AvgIpc) is 2.26. The third kappa shape index (κ3) is 3.67. The molecule has 1 N–H and O–H groups in total. The van der Waals surface area contributed by atoms with Crippen molar-refractivity contribution in [2.45, 2.75) is 9.79 Å². The van der Waals surface area contributed by atoms with Crippen molar-refractivity contribution in [1.82, 2.24) is 0 Å². The Morgan fingerprint density at radius 1 is 1.06 bits per heavy atom. The predicted molar refractivity (Wildman–Crippen MR) is 63.5 cm³/mol. The Kier molecular flexibility index (Phi) is 3.92. The van der Waals surface area contributed by atoms with E-state index >= 15 is 0 Å². The van der Waals surface area contributed by atoms with E-state index in [1.54, 1.807) is 0 Å².